The van der Waals surface area contributed by atoms with E-state index >= 15 is 0 Å². The van der Waals surface area contributed by atoms with Gasteiger partial charge >= 0.3 is 5.97 Å². The minimum absolute atomic E-state index is 0.0306. The standard InChI is InChI=1S/C13H11F3N2O2/c1-6(14)7-3-8(12(16)9(15)4-7)11-5-10(13(19)20)17-18(11)2/h3-6H,1-2H3,(H,19,20). The Hall–Kier alpha value is -2.31. The number of rotatable bonds is 3. The third-order valence-corrected chi connectivity index (χ3v) is 2.88. The number of halogens is 3. The summed E-state index contributed by atoms with van der Waals surface area (Å²) in [5, 5.41) is 12.5. The van der Waals surface area contributed by atoms with E-state index < -0.39 is 23.8 Å². The summed E-state index contributed by atoms with van der Waals surface area (Å²) in [5.74, 6) is -3.66. The van der Waals surface area contributed by atoms with Crippen molar-refractivity contribution in [2.75, 3.05) is 0 Å². The van der Waals surface area contributed by atoms with Gasteiger partial charge in [-0.05, 0) is 30.7 Å². The molecule has 4 nitrogen and oxygen atoms in total. The molecule has 2 rings (SSSR count). The van der Waals surface area contributed by atoms with Gasteiger partial charge in [0.2, 0.25) is 0 Å². The maximum absolute atomic E-state index is 13.8. The van der Waals surface area contributed by atoms with E-state index in [2.05, 4.69) is 5.10 Å². The fourth-order valence-electron chi connectivity index (χ4n) is 1.85. The van der Waals surface area contributed by atoms with E-state index in [4.69, 9.17) is 5.11 Å². The van der Waals surface area contributed by atoms with Gasteiger partial charge in [-0.15, -0.1) is 0 Å². The molecule has 0 radical (unpaired) electrons. The normalized spacial score (nSPS) is 12.4. The second-order valence-electron chi connectivity index (χ2n) is 4.32. The van der Waals surface area contributed by atoms with Crippen LogP contribution in [-0.2, 0) is 7.05 Å². The van der Waals surface area contributed by atoms with Crippen molar-refractivity contribution in [1.82, 2.24) is 9.78 Å². The van der Waals surface area contributed by atoms with Gasteiger partial charge in [-0.2, -0.15) is 5.10 Å². The number of hydrogen-bond donors (Lipinski definition) is 1. The number of carboxylic acids is 1. The van der Waals surface area contributed by atoms with Crippen LogP contribution in [-0.4, -0.2) is 20.9 Å². The lowest BCUT2D eigenvalue weighted by molar-refractivity contribution is 0.0689. The van der Waals surface area contributed by atoms with Gasteiger partial charge in [0, 0.05) is 12.6 Å². The highest BCUT2D eigenvalue weighted by molar-refractivity contribution is 5.87. The molecule has 1 unspecified atom stereocenters. The molecule has 0 aliphatic rings. The van der Waals surface area contributed by atoms with Gasteiger partial charge in [0.25, 0.3) is 0 Å². The minimum Gasteiger partial charge on any atom is -0.476 e. The molecule has 20 heavy (non-hydrogen) atoms. The van der Waals surface area contributed by atoms with Crippen molar-refractivity contribution in [1.29, 1.82) is 0 Å². The van der Waals surface area contributed by atoms with E-state index in [1.54, 1.807) is 0 Å². The molecule has 0 saturated heterocycles. The lowest BCUT2D eigenvalue weighted by atomic mass is 10.0. The summed E-state index contributed by atoms with van der Waals surface area (Å²) in [6.07, 6.45) is -1.48. The summed E-state index contributed by atoms with van der Waals surface area (Å²) in [4.78, 5) is 10.8. The Morgan fingerprint density at radius 2 is 2.00 bits per heavy atom. The van der Waals surface area contributed by atoms with Crippen molar-refractivity contribution < 1.29 is 23.1 Å². The Labute approximate surface area is 112 Å². The van der Waals surface area contributed by atoms with Crippen LogP contribution in [0.2, 0.25) is 0 Å². The molecule has 106 valence electrons. The predicted molar refractivity (Wildman–Crippen MR) is 65.0 cm³/mol. The van der Waals surface area contributed by atoms with Crippen LogP contribution in [0.15, 0.2) is 18.2 Å². The second-order valence-corrected chi connectivity index (χ2v) is 4.32. The Balaban J connectivity index is 2.65. The van der Waals surface area contributed by atoms with Crippen LogP contribution in [0.25, 0.3) is 11.3 Å². The van der Waals surface area contributed by atoms with Crippen LogP contribution < -0.4 is 0 Å². The third-order valence-electron chi connectivity index (χ3n) is 2.88. The average Bonchev–Trinajstić information content (AvgIpc) is 2.74. The number of benzene rings is 1. The number of alkyl halides is 1. The highest BCUT2D eigenvalue weighted by atomic mass is 19.2. The lowest BCUT2D eigenvalue weighted by Gasteiger charge is -2.09. The molecule has 1 aromatic carbocycles. The van der Waals surface area contributed by atoms with Crippen molar-refractivity contribution in [2.45, 2.75) is 13.1 Å². The number of carboxylic acid groups (broad SMARTS) is 1. The van der Waals surface area contributed by atoms with E-state index in [0.29, 0.717) is 0 Å². The molecule has 0 amide bonds. The first-order valence-electron chi connectivity index (χ1n) is 5.72. The summed E-state index contributed by atoms with van der Waals surface area (Å²) >= 11 is 0. The zero-order chi connectivity index (χ0) is 15.0. The van der Waals surface area contributed by atoms with Crippen molar-refractivity contribution in [3.05, 3.63) is 41.1 Å². The number of aromatic nitrogens is 2. The van der Waals surface area contributed by atoms with Gasteiger partial charge in [-0.1, -0.05) is 0 Å². The summed E-state index contributed by atoms with van der Waals surface area (Å²) in [7, 11) is 1.39. The fourth-order valence-corrected chi connectivity index (χ4v) is 1.85. The summed E-state index contributed by atoms with van der Waals surface area (Å²) in [5.41, 5.74) is -0.508. The van der Waals surface area contributed by atoms with Gasteiger partial charge in [0.05, 0.1) is 5.69 Å². The first-order chi connectivity index (χ1) is 9.31. The molecule has 1 aromatic heterocycles. The summed E-state index contributed by atoms with van der Waals surface area (Å²) in [6.45, 7) is 1.20. The molecule has 0 fully saturated rings. The van der Waals surface area contributed by atoms with Gasteiger partial charge in [-0.3, -0.25) is 4.68 Å². The van der Waals surface area contributed by atoms with E-state index in [1.807, 2.05) is 0 Å². The van der Waals surface area contributed by atoms with Crippen LogP contribution in [0.5, 0.6) is 0 Å². The smallest absolute Gasteiger partial charge is 0.356 e. The van der Waals surface area contributed by atoms with Gasteiger partial charge in [-0.25, -0.2) is 18.0 Å². The highest BCUT2D eigenvalue weighted by Crippen LogP contribution is 2.29. The summed E-state index contributed by atoms with van der Waals surface area (Å²) in [6, 6.07) is 3.02. The van der Waals surface area contributed by atoms with Crippen molar-refractivity contribution >= 4 is 5.97 Å². The molecule has 0 saturated carbocycles. The molecule has 2 aromatic rings. The Morgan fingerprint density at radius 3 is 2.50 bits per heavy atom. The van der Waals surface area contributed by atoms with Crippen molar-refractivity contribution in [3.8, 4) is 11.3 Å². The first kappa shape index (κ1) is 14.1. The number of aromatic carboxylic acids is 1. The quantitative estimate of drug-likeness (QED) is 0.942. The maximum Gasteiger partial charge on any atom is 0.356 e. The molecule has 1 heterocycles. The zero-order valence-electron chi connectivity index (χ0n) is 10.7. The number of aryl methyl sites for hydroxylation is 1. The molecule has 7 heteroatoms. The van der Waals surface area contributed by atoms with E-state index in [0.717, 1.165) is 22.9 Å². The van der Waals surface area contributed by atoms with E-state index in [-0.39, 0.29) is 22.5 Å². The molecule has 1 atom stereocenters. The Morgan fingerprint density at radius 1 is 1.35 bits per heavy atom. The van der Waals surface area contributed by atoms with Crippen LogP contribution in [0.3, 0.4) is 0 Å². The van der Waals surface area contributed by atoms with Gasteiger partial charge < -0.3 is 5.11 Å². The second kappa shape index (κ2) is 4.99. The van der Waals surface area contributed by atoms with Crippen LogP contribution in [0, 0.1) is 11.6 Å². The lowest BCUT2D eigenvalue weighted by Crippen LogP contribution is -2.01. The largest absolute Gasteiger partial charge is 0.476 e. The van der Waals surface area contributed by atoms with Gasteiger partial charge in [0.1, 0.15) is 6.17 Å². The average molecular weight is 284 g/mol. The zero-order valence-corrected chi connectivity index (χ0v) is 10.7. The van der Waals surface area contributed by atoms with Crippen LogP contribution >= 0.6 is 0 Å². The Kier molecular flexibility index (Phi) is 3.52. The number of hydrogen-bond acceptors (Lipinski definition) is 2. The van der Waals surface area contributed by atoms with Gasteiger partial charge in [0.15, 0.2) is 17.3 Å². The van der Waals surface area contributed by atoms with E-state index in [9.17, 15) is 18.0 Å². The molecule has 0 aliphatic carbocycles. The number of carbonyl (C=O) groups is 1. The summed E-state index contributed by atoms with van der Waals surface area (Å²) < 4.78 is 41.7. The van der Waals surface area contributed by atoms with Crippen molar-refractivity contribution in [3.63, 3.8) is 0 Å². The molecular formula is C13H11F3N2O2. The SMILES string of the molecule is CC(F)c1cc(F)c(F)c(-c2cc(C(=O)O)nn2C)c1. The fraction of sp³-hybridized carbons (Fsp3) is 0.231. The first-order valence-corrected chi connectivity index (χ1v) is 5.72. The van der Waals surface area contributed by atoms with Crippen LogP contribution in [0.4, 0.5) is 13.2 Å². The molecule has 1 N–H and O–H groups in total. The number of nitrogens with zero attached hydrogens (tertiary/aromatic N) is 2. The predicted octanol–water partition coefficient (Wildman–Crippen LogP) is 3.09. The maximum atomic E-state index is 13.8. The molecule has 0 spiro atoms. The topological polar surface area (TPSA) is 55.1 Å². The van der Waals surface area contributed by atoms with E-state index in [1.165, 1.54) is 14.0 Å². The highest BCUT2D eigenvalue weighted by Gasteiger charge is 2.20. The Bertz CT molecular complexity index is 680. The minimum atomic E-state index is -1.48. The monoisotopic (exact) mass is 284 g/mol. The molecule has 0 aliphatic heterocycles. The molecular weight excluding hydrogens is 273 g/mol. The molecule has 0 bridgehead atoms. The van der Waals surface area contributed by atoms with Crippen molar-refractivity contribution in [2.24, 2.45) is 7.05 Å². The third kappa shape index (κ3) is 2.38. The van der Waals surface area contributed by atoms with Crippen LogP contribution in [0.1, 0.15) is 29.1 Å².